The largest absolute Gasteiger partial charge is 0.495 e. The van der Waals surface area contributed by atoms with Crippen LogP contribution in [0.3, 0.4) is 0 Å². The Hall–Kier alpha value is -1.39. The van der Waals surface area contributed by atoms with Crippen molar-refractivity contribution in [2.24, 2.45) is 0 Å². The summed E-state index contributed by atoms with van der Waals surface area (Å²) in [6, 6.07) is 4.82. The number of hydrogen-bond acceptors (Lipinski definition) is 6. The minimum absolute atomic E-state index is 0. The van der Waals surface area contributed by atoms with Crippen LogP contribution in [0.5, 0.6) is 5.75 Å². The van der Waals surface area contributed by atoms with Crippen molar-refractivity contribution in [3.05, 3.63) is 23.8 Å². The Balaban J connectivity index is 0.00000364. The molecule has 1 fully saturated rings. The van der Waals surface area contributed by atoms with Crippen LogP contribution in [0.1, 0.15) is 12.5 Å². The number of hydrogen-bond donors (Lipinski definition) is 2. The van der Waals surface area contributed by atoms with Gasteiger partial charge in [-0.2, -0.15) is 4.31 Å². The first-order valence-electron chi connectivity index (χ1n) is 8.71. The number of sulfonamides is 1. The lowest BCUT2D eigenvalue weighted by Gasteiger charge is -2.26. The molecule has 0 unspecified atom stereocenters. The summed E-state index contributed by atoms with van der Waals surface area (Å²) in [6.07, 6.45) is 0.113. The van der Waals surface area contributed by atoms with Gasteiger partial charge in [0.05, 0.1) is 26.7 Å². The van der Waals surface area contributed by atoms with E-state index in [0.717, 1.165) is 6.54 Å². The molecular formula is C17H28ClN3O5S. The Labute approximate surface area is 167 Å². The van der Waals surface area contributed by atoms with E-state index >= 15 is 0 Å². The van der Waals surface area contributed by atoms with Crippen molar-refractivity contribution in [1.29, 1.82) is 0 Å². The molecule has 2 N–H and O–H groups in total. The van der Waals surface area contributed by atoms with E-state index < -0.39 is 10.0 Å². The number of ether oxygens (including phenoxy) is 2. The zero-order chi connectivity index (χ0) is 19.0. The molecule has 1 aliphatic heterocycles. The average Bonchev–Trinajstić information content (AvgIpc) is 2.66. The number of carbonyl (C=O) groups excluding carboxylic acids is 1. The Bertz CT molecular complexity index is 709. The first-order chi connectivity index (χ1) is 12.5. The highest BCUT2D eigenvalue weighted by atomic mass is 35.5. The summed E-state index contributed by atoms with van der Waals surface area (Å²) in [4.78, 5) is 12.1. The van der Waals surface area contributed by atoms with Gasteiger partial charge in [-0.15, -0.1) is 12.4 Å². The summed E-state index contributed by atoms with van der Waals surface area (Å²) >= 11 is 0. The summed E-state index contributed by atoms with van der Waals surface area (Å²) in [7, 11) is -2.27. The van der Waals surface area contributed by atoms with Gasteiger partial charge in [0.15, 0.2) is 0 Å². The van der Waals surface area contributed by atoms with Crippen molar-refractivity contribution in [2.45, 2.75) is 18.2 Å². The fourth-order valence-corrected chi connectivity index (χ4v) is 4.29. The van der Waals surface area contributed by atoms with Crippen molar-refractivity contribution in [1.82, 2.24) is 14.9 Å². The molecule has 1 heterocycles. The number of morpholine rings is 1. The third kappa shape index (κ3) is 6.62. The summed E-state index contributed by atoms with van der Waals surface area (Å²) < 4.78 is 37.7. The summed E-state index contributed by atoms with van der Waals surface area (Å²) in [5, 5.41) is 5.93. The van der Waals surface area contributed by atoms with Gasteiger partial charge >= 0.3 is 0 Å². The third-order valence-corrected chi connectivity index (χ3v) is 5.97. The molecule has 0 aliphatic carbocycles. The zero-order valence-corrected chi connectivity index (χ0v) is 17.3. The molecule has 1 saturated heterocycles. The molecule has 0 atom stereocenters. The van der Waals surface area contributed by atoms with Gasteiger partial charge in [-0.3, -0.25) is 4.79 Å². The molecule has 8 nitrogen and oxygen atoms in total. The van der Waals surface area contributed by atoms with Gasteiger partial charge in [0.1, 0.15) is 10.6 Å². The number of benzene rings is 1. The highest BCUT2D eigenvalue weighted by Crippen LogP contribution is 2.28. The number of nitrogens with zero attached hydrogens (tertiary/aromatic N) is 1. The predicted molar refractivity (Wildman–Crippen MR) is 105 cm³/mol. The first-order valence-corrected chi connectivity index (χ1v) is 10.1. The predicted octanol–water partition coefficient (Wildman–Crippen LogP) is 0.406. The Kier molecular flexibility index (Phi) is 10.0. The van der Waals surface area contributed by atoms with Crippen LogP contribution in [-0.2, 0) is 26.0 Å². The van der Waals surface area contributed by atoms with Crippen molar-refractivity contribution >= 4 is 28.3 Å². The van der Waals surface area contributed by atoms with E-state index in [0.29, 0.717) is 45.0 Å². The van der Waals surface area contributed by atoms with Crippen LogP contribution in [0.15, 0.2) is 23.1 Å². The highest BCUT2D eigenvalue weighted by Gasteiger charge is 2.29. The SMILES string of the molecule is CCNCCNC(=O)Cc1ccc(OC)c(S(=O)(=O)N2CCOCC2)c1.Cl. The third-order valence-electron chi connectivity index (χ3n) is 4.05. The second kappa shape index (κ2) is 11.5. The van der Waals surface area contributed by atoms with Crippen LogP contribution >= 0.6 is 12.4 Å². The topological polar surface area (TPSA) is 97.0 Å². The molecule has 27 heavy (non-hydrogen) atoms. The lowest BCUT2D eigenvalue weighted by Crippen LogP contribution is -2.40. The molecule has 10 heteroatoms. The van der Waals surface area contributed by atoms with Gasteiger partial charge in [0.2, 0.25) is 15.9 Å². The molecule has 1 aromatic carbocycles. The summed E-state index contributed by atoms with van der Waals surface area (Å²) in [5.74, 6) is 0.121. The summed E-state index contributed by atoms with van der Waals surface area (Å²) in [5.41, 5.74) is 0.624. The molecule has 154 valence electrons. The highest BCUT2D eigenvalue weighted by molar-refractivity contribution is 7.89. The summed E-state index contributed by atoms with van der Waals surface area (Å²) in [6.45, 7) is 5.42. The van der Waals surface area contributed by atoms with Gasteiger partial charge in [-0.05, 0) is 24.2 Å². The molecule has 0 radical (unpaired) electrons. The van der Waals surface area contributed by atoms with Crippen molar-refractivity contribution in [2.75, 3.05) is 53.0 Å². The first kappa shape index (κ1) is 23.6. The lowest BCUT2D eigenvalue weighted by atomic mass is 10.1. The number of nitrogens with one attached hydrogen (secondary N) is 2. The van der Waals surface area contributed by atoms with E-state index in [9.17, 15) is 13.2 Å². The Morgan fingerprint density at radius 3 is 2.59 bits per heavy atom. The van der Waals surface area contributed by atoms with Gasteiger partial charge in [-0.25, -0.2) is 8.42 Å². The number of carbonyl (C=O) groups is 1. The van der Waals surface area contributed by atoms with E-state index in [1.54, 1.807) is 12.1 Å². The fraction of sp³-hybridized carbons (Fsp3) is 0.588. The van der Waals surface area contributed by atoms with Gasteiger partial charge in [0.25, 0.3) is 0 Å². The van der Waals surface area contributed by atoms with Crippen molar-refractivity contribution in [3.8, 4) is 5.75 Å². The van der Waals surface area contributed by atoms with Gasteiger partial charge in [-0.1, -0.05) is 13.0 Å². The normalized spacial score (nSPS) is 15.0. The van der Waals surface area contributed by atoms with Crippen LogP contribution in [-0.4, -0.2) is 71.7 Å². The number of likely N-dealkylation sites (N-methyl/N-ethyl adjacent to an activating group) is 1. The molecule has 0 saturated carbocycles. The molecule has 0 bridgehead atoms. The monoisotopic (exact) mass is 421 g/mol. The van der Waals surface area contributed by atoms with Gasteiger partial charge in [0, 0.05) is 26.2 Å². The van der Waals surface area contributed by atoms with Crippen molar-refractivity contribution in [3.63, 3.8) is 0 Å². The fourth-order valence-electron chi connectivity index (χ4n) is 2.67. The molecule has 1 amide bonds. The zero-order valence-electron chi connectivity index (χ0n) is 15.7. The standard InChI is InChI=1S/C17H27N3O5S.ClH/c1-3-18-6-7-19-17(21)13-14-4-5-15(24-2)16(12-14)26(22,23)20-8-10-25-11-9-20;/h4-5,12,18H,3,6-11,13H2,1-2H3,(H,19,21);1H. The Morgan fingerprint density at radius 2 is 1.96 bits per heavy atom. The molecule has 2 rings (SSSR count). The molecule has 1 aliphatic rings. The number of rotatable bonds is 9. The number of methoxy groups -OCH3 is 1. The number of amides is 1. The molecule has 0 aromatic heterocycles. The van der Waals surface area contributed by atoms with Gasteiger partial charge < -0.3 is 20.1 Å². The van der Waals surface area contributed by atoms with E-state index in [1.165, 1.54) is 17.5 Å². The maximum Gasteiger partial charge on any atom is 0.246 e. The number of halogens is 1. The van der Waals surface area contributed by atoms with E-state index in [2.05, 4.69) is 10.6 Å². The molecule has 1 aromatic rings. The molecule has 0 spiro atoms. The average molecular weight is 422 g/mol. The van der Waals surface area contributed by atoms with E-state index in [1.807, 2.05) is 6.92 Å². The van der Waals surface area contributed by atoms with Crippen LogP contribution < -0.4 is 15.4 Å². The maximum atomic E-state index is 12.9. The second-order valence-electron chi connectivity index (χ2n) is 5.88. The second-order valence-corrected chi connectivity index (χ2v) is 7.79. The minimum Gasteiger partial charge on any atom is -0.495 e. The van der Waals surface area contributed by atoms with Crippen LogP contribution in [0.2, 0.25) is 0 Å². The smallest absolute Gasteiger partial charge is 0.246 e. The van der Waals surface area contributed by atoms with E-state index in [-0.39, 0.29) is 35.4 Å². The quantitative estimate of drug-likeness (QED) is 0.560. The van der Waals surface area contributed by atoms with Crippen LogP contribution in [0, 0.1) is 0 Å². The lowest BCUT2D eigenvalue weighted by molar-refractivity contribution is -0.120. The molecular weight excluding hydrogens is 394 g/mol. The minimum atomic E-state index is -3.70. The van der Waals surface area contributed by atoms with Crippen LogP contribution in [0.25, 0.3) is 0 Å². The van der Waals surface area contributed by atoms with Crippen molar-refractivity contribution < 1.29 is 22.7 Å². The Morgan fingerprint density at radius 1 is 1.26 bits per heavy atom. The van der Waals surface area contributed by atoms with E-state index in [4.69, 9.17) is 9.47 Å². The van der Waals surface area contributed by atoms with Crippen LogP contribution in [0.4, 0.5) is 0 Å². The maximum absolute atomic E-state index is 12.9.